The molecule has 0 aliphatic rings. The van der Waals surface area contributed by atoms with Gasteiger partial charge in [0.2, 0.25) is 5.90 Å². The molecule has 0 spiro atoms. The molecule has 74 valence electrons. The molecule has 0 aliphatic carbocycles. The molecule has 0 atom stereocenters. The second-order valence-electron chi connectivity index (χ2n) is 2.66. The van der Waals surface area contributed by atoms with Gasteiger partial charge in [-0.15, -0.1) is 0 Å². The molecule has 1 aromatic carbocycles. The molecule has 0 unspecified atom stereocenters. The lowest BCUT2D eigenvalue weighted by Gasteiger charge is -2.05. The van der Waals surface area contributed by atoms with Gasteiger partial charge in [0, 0.05) is 11.1 Å². The van der Waals surface area contributed by atoms with E-state index in [0.717, 1.165) is 5.56 Å². The molecule has 0 heterocycles. The van der Waals surface area contributed by atoms with Crippen LogP contribution in [0.1, 0.15) is 18.1 Å². The van der Waals surface area contributed by atoms with Crippen LogP contribution in [0.4, 0.5) is 0 Å². The number of benzene rings is 1. The monoisotopic (exact) mass is 254 g/mol. The fourth-order valence-corrected chi connectivity index (χ4v) is 1.27. The fourth-order valence-electron chi connectivity index (χ4n) is 1.02. The van der Waals surface area contributed by atoms with Crippen molar-refractivity contribution in [3.8, 4) is 0 Å². The van der Waals surface area contributed by atoms with Crippen LogP contribution in [0.15, 0.2) is 24.3 Å². The Bertz CT molecular complexity index is 363. The maximum Gasteiger partial charge on any atom is 0.213 e. The van der Waals surface area contributed by atoms with Crippen LogP contribution in [0.2, 0.25) is 0 Å². The third kappa shape index (κ3) is 2.67. The average molecular weight is 255 g/mol. The molecule has 0 aliphatic heterocycles. The van der Waals surface area contributed by atoms with Gasteiger partial charge in [0.15, 0.2) is 0 Å². The van der Waals surface area contributed by atoms with E-state index in [9.17, 15) is 0 Å². The number of rotatable bonds is 3. The summed E-state index contributed by atoms with van der Waals surface area (Å²) < 4.78 is 5.37. The van der Waals surface area contributed by atoms with Crippen molar-refractivity contribution < 1.29 is 4.74 Å². The van der Waals surface area contributed by atoms with Crippen LogP contribution < -0.4 is 0 Å². The number of halogens is 1. The smallest absolute Gasteiger partial charge is 0.213 e. The van der Waals surface area contributed by atoms with Crippen molar-refractivity contribution in [2.24, 2.45) is 0 Å². The average Bonchev–Trinajstić information content (AvgIpc) is 2.18. The SMILES string of the molecule is CCOC(=N)c1cccc(C(=N)Br)c1. The third-order valence-electron chi connectivity index (χ3n) is 1.67. The lowest BCUT2D eigenvalue weighted by molar-refractivity contribution is 0.325. The quantitative estimate of drug-likeness (QED) is 0.633. The lowest BCUT2D eigenvalue weighted by Crippen LogP contribution is -2.05. The molecule has 0 bridgehead atoms. The molecule has 1 aromatic rings. The largest absolute Gasteiger partial charge is 0.478 e. The summed E-state index contributed by atoms with van der Waals surface area (Å²) in [7, 11) is 0. The van der Waals surface area contributed by atoms with Gasteiger partial charge in [-0.2, -0.15) is 0 Å². The normalized spacial score (nSPS) is 9.57. The van der Waals surface area contributed by atoms with E-state index in [-0.39, 0.29) is 5.90 Å². The highest BCUT2D eigenvalue weighted by atomic mass is 79.9. The molecule has 4 heteroatoms. The van der Waals surface area contributed by atoms with Crippen LogP contribution in [0, 0.1) is 10.8 Å². The molecule has 0 radical (unpaired) electrons. The Morgan fingerprint density at radius 3 is 2.57 bits per heavy atom. The first kappa shape index (κ1) is 10.9. The maximum atomic E-state index is 7.56. The van der Waals surface area contributed by atoms with Gasteiger partial charge < -0.3 is 4.74 Å². The molecule has 0 fully saturated rings. The van der Waals surface area contributed by atoms with Crippen LogP contribution in [-0.2, 0) is 4.74 Å². The van der Waals surface area contributed by atoms with Crippen molar-refractivity contribution in [2.45, 2.75) is 6.92 Å². The first-order valence-electron chi connectivity index (χ1n) is 4.21. The van der Waals surface area contributed by atoms with E-state index in [4.69, 9.17) is 15.6 Å². The highest BCUT2D eigenvalue weighted by Crippen LogP contribution is 2.09. The Hall–Kier alpha value is -1.16. The first-order valence-corrected chi connectivity index (χ1v) is 5.00. The lowest BCUT2D eigenvalue weighted by atomic mass is 10.1. The van der Waals surface area contributed by atoms with Gasteiger partial charge in [-0.25, -0.2) is 0 Å². The summed E-state index contributed by atoms with van der Waals surface area (Å²) in [5.41, 5.74) is 1.43. The second-order valence-corrected chi connectivity index (χ2v) is 3.45. The zero-order valence-electron chi connectivity index (χ0n) is 7.80. The minimum atomic E-state index is 0.142. The second kappa shape index (κ2) is 4.91. The number of hydrogen-bond acceptors (Lipinski definition) is 3. The number of hydrogen-bond donors (Lipinski definition) is 2. The Morgan fingerprint density at radius 2 is 2.00 bits per heavy atom. The molecule has 2 N–H and O–H groups in total. The summed E-state index contributed by atoms with van der Waals surface area (Å²) >= 11 is 3.08. The van der Waals surface area contributed by atoms with Crippen LogP contribution in [0.3, 0.4) is 0 Å². The van der Waals surface area contributed by atoms with Crippen molar-refractivity contribution in [1.82, 2.24) is 0 Å². The minimum absolute atomic E-state index is 0.142. The summed E-state index contributed by atoms with van der Waals surface area (Å²) in [6.45, 7) is 2.32. The number of nitrogens with one attached hydrogen (secondary N) is 2. The molecular formula is C10H11BrN2O. The standard InChI is InChI=1S/C10H11BrN2O/c1-2-14-10(13)8-5-3-4-7(6-8)9(11)12/h3-6,12-13H,2H2,1H3. The molecule has 1 rings (SSSR count). The van der Waals surface area contributed by atoms with Crippen molar-refractivity contribution in [3.05, 3.63) is 35.4 Å². The zero-order valence-corrected chi connectivity index (χ0v) is 9.39. The van der Waals surface area contributed by atoms with E-state index in [0.29, 0.717) is 16.8 Å². The predicted octanol–water partition coefficient (Wildman–Crippen LogP) is 2.77. The molecular weight excluding hydrogens is 244 g/mol. The summed E-state index contributed by atoms with van der Waals surface area (Å²) in [5.74, 6) is 0.142. The van der Waals surface area contributed by atoms with Gasteiger partial charge in [0.1, 0.15) is 4.62 Å². The van der Waals surface area contributed by atoms with E-state index < -0.39 is 0 Å². The van der Waals surface area contributed by atoms with Crippen molar-refractivity contribution in [1.29, 1.82) is 10.8 Å². The molecule has 0 aromatic heterocycles. The van der Waals surface area contributed by atoms with Gasteiger partial charge in [-0.05, 0) is 35.0 Å². The fraction of sp³-hybridized carbons (Fsp3) is 0.200. The highest BCUT2D eigenvalue weighted by Gasteiger charge is 2.04. The van der Waals surface area contributed by atoms with Crippen molar-refractivity contribution in [2.75, 3.05) is 6.61 Å². The molecule has 14 heavy (non-hydrogen) atoms. The van der Waals surface area contributed by atoms with Crippen molar-refractivity contribution >= 4 is 26.4 Å². The van der Waals surface area contributed by atoms with Gasteiger partial charge in [-0.3, -0.25) is 10.8 Å². The maximum absolute atomic E-state index is 7.56. The molecule has 3 nitrogen and oxygen atoms in total. The van der Waals surface area contributed by atoms with E-state index in [1.54, 1.807) is 24.3 Å². The summed E-state index contributed by atoms with van der Waals surface area (Å²) in [6.07, 6.45) is 0. The Morgan fingerprint density at radius 1 is 1.36 bits per heavy atom. The summed E-state index contributed by atoms with van der Waals surface area (Å²) in [6, 6.07) is 7.14. The molecule has 0 saturated heterocycles. The van der Waals surface area contributed by atoms with E-state index >= 15 is 0 Å². The van der Waals surface area contributed by atoms with Gasteiger partial charge in [-0.1, -0.05) is 12.1 Å². The zero-order chi connectivity index (χ0) is 10.6. The van der Waals surface area contributed by atoms with Crippen LogP contribution in [0.25, 0.3) is 0 Å². The molecule has 0 saturated carbocycles. The van der Waals surface area contributed by atoms with Crippen LogP contribution in [0.5, 0.6) is 0 Å². The highest BCUT2D eigenvalue weighted by molar-refractivity contribution is 9.18. The Labute approximate surface area is 91.2 Å². The van der Waals surface area contributed by atoms with Gasteiger partial charge in [0.25, 0.3) is 0 Å². The molecule has 0 amide bonds. The Kier molecular flexibility index (Phi) is 3.83. The Balaban J connectivity index is 2.93. The van der Waals surface area contributed by atoms with Crippen LogP contribution >= 0.6 is 15.9 Å². The first-order chi connectivity index (χ1) is 6.65. The predicted molar refractivity (Wildman–Crippen MR) is 60.7 cm³/mol. The topological polar surface area (TPSA) is 56.9 Å². The summed E-state index contributed by atoms with van der Waals surface area (Å²) in [4.78, 5) is 0. The van der Waals surface area contributed by atoms with E-state index in [2.05, 4.69) is 15.9 Å². The number of ether oxygens (including phenoxy) is 1. The van der Waals surface area contributed by atoms with Gasteiger partial charge in [0.05, 0.1) is 6.61 Å². The van der Waals surface area contributed by atoms with E-state index in [1.165, 1.54) is 0 Å². The van der Waals surface area contributed by atoms with E-state index in [1.807, 2.05) is 6.92 Å². The third-order valence-corrected chi connectivity index (χ3v) is 2.12. The van der Waals surface area contributed by atoms with Crippen LogP contribution in [-0.4, -0.2) is 17.1 Å². The van der Waals surface area contributed by atoms with Gasteiger partial charge >= 0.3 is 0 Å². The summed E-state index contributed by atoms with van der Waals surface area (Å²) in [5, 5.41) is 14.9. The van der Waals surface area contributed by atoms with Crippen molar-refractivity contribution in [3.63, 3.8) is 0 Å². The minimum Gasteiger partial charge on any atom is -0.478 e.